The van der Waals surface area contributed by atoms with Gasteiger partial charge >= 0.3 is 5.97 Å². The number of rotatable bonds is 3. The molecular weight excluding hydrogens is 198 g/mol. The summed E-state index contributed by atoms with van der Waals surface area (Å²) >= 11 is 0. The van der Waals surface area contributed by atoms with Crippen LogP contribution < -0.4 is 5.32 Å². The number of nitrogens with zero attached hydrogens (tertiary/aromatic N) is 1. The van der Waals surface area contributed by atoms with E-state index in [1.54, 1.807) is 0 Å². The van der Waals surface area contributed by atoms with E-state index in [0.717, 1.165) is 6.42 Å². The van der Waals surface area contributed by atoms with Crippen molar-refractivity contribution in [3.63, 3.8) is 0 Å². The zero-order chi connectivity index (χ0) is 11.0. The highest BCUT2D eigenvalue weighted by Gasteiger charge is 2.34. The first-order valence-electron chi connectivity index (χ1n) is 4.67. The van der Waals surface area contributed by atoms with Gasteiger partial charge in [0.2, 0.25) is 0 Å². The lowest BCUT2D eigenvalue weighted by molar-refractivity contribution is 0.0690. The molecule has 1 aliphatic carbocycles. The maximum Gasteiger partial charge on any atom is 0.353 e. The van der Waals surface area contributed by atoms with Crippen LogP contribution in [0, 0.1) is 5.92 Å². The summed E-state index contributed by atoms with van der Waals surface area (Å²) < 4.78 is 0. The van der Waals surface area contributed by atoms with Gasteiger partial charge in [0.05, 0.1) is 0 Å². The Balaban J connectivity index is 2.02. The van der Waals surface area contributed by atoms with Gasteiger partial charge in [-0.2, -0.15) is 5.10 Å². The normalized spacial score (nSPS) is 23.5. The van der Waals surface area contributed by atoms with Crippen molar-refractivity contribution in [3.8, 4) is 0 Å². The van der Waals surface area contributed by atoms with Crippen molar-refractivity contribution in [1.29, 1.82) is 0 Å². The summed E-state index contributed by atoms with van der Waals surface area (Å²) in [5.41, 5.74) is 0.0375. The van der Waals surface area contributed by atoms with Gasteiger partial charge < -0.3 is 10.4 Å². The predicted octanol–water partition coefficient (Wildman–Crippen LogP) is 0.246. The van der Waals surface area contributed by atoms with Crippen LogP contribution in [0.3, 0.4) is 0 Å². The second kappa shape index (κ2) is 3.38. The molecule has 0 aliphatic heterocycles. The number of hydrogen-bond donors (Lipinski definition) is 3. The lowest BCUT2D eigenvalue weighted by Crippen LogP contribution is -2.26. The fraction of sp³-hybridized carbons (Fsp3) is 0.444. The van der Waals surface area contributed by atoms with Crippen LogP contribution in [0.2, 0.25) is 0 Å². The van der Waals surface area contributed by atoms with E-state index in [0.29, 0.717) is 5.92 Å². The molecule has 1 fully saturated rings. The van der Waals surface area contributed by atoms with Crippen LogP contribution in [0.25, 0.3) is 0 Å². The van der Waals surface area contributed by atoms with Crippen LogP contribution in [0.5, 0.6) is 0 Å². The fourth-order valence-electron chi connectivity index (χ4n) is 1.31. The zero-order valence-corrected chi connectivity index (χ0v) is 8.15. The van der Waals surface area contributed by atoms with Crippen molar-refractivity contribution in [2.45, 2.75) is 19.4 Å². The molecule has 6 nitrogen and oxygen atoms in total. The Hall–Kier alpha value is -1.85. The summed E-state index contributed by atoms with van der Waals surface area (Å²) in [6, 6.07) is 1.44. The molecule has 0 aromatic carbocycles. The Morgan fingerprint density at radius 3 is 2.80 bits per heavy atom. The van der Waals surface area contributed by atoms with E-state index in [1.807, 2.05) is 6.92 Å². The number of carboxylic acid groups (broad SMARTS) is 1. The molecule has 1 aromatic rings. The summed E-state index contributed by atoms with van der Waals surface area (Å²) in [4.78, 5) is 22.0. The van der Waals surface area contributed by atoms with Gasteiger partial charge in [0.1, 0.15) is 5.69 Å². The molecule has 0 radical (unpaired) electrons. The summed E-state index contributed by atoms with van der Waals surface area (Å²) in [6.07, 6.45) is 0.974. The second-order valence-electron chi connectivity index (χ2n) is 3.76. The number of carboxylic acids is 1. The van der Waals surface area contributed by atoms with Crippen molar-refractivity contribution in [2.75, 3.05) is 0 Å². The molecule has 1 aromatic heterocycles. The number of amides is 1. The minimum atomic E-state index is -1.12. The average Bonchev–Trinajstić information content (AvgIpc) is 2.71. The Labute approximate surface area is 85.7 Å². The van der Waals surface area contributed by atoms with E-state index < -0.39 is 5.97 Å². The standard InChI is InChI=1S/C9H11N3O3/c1-4-2-5(4)10-8(13)6-3-7(9(14)15)12-11-6/h3-5H,2H2,1H3,(H,10,13)(H,11,12)(H,14,15). The van der Waals surface area contributed by atoms with Crippen LogP contribution >= 0.6 is 0 Å². The zero-order valence-electron chi connectivity index (χ0n) is 8.15. The Kier molecular flexibility index (Phi) is 2.18. The number of H-pyrrole nitrogens is 1. The maximum absolute atomic E-state index is 11.5. The molecule has 2 unspecified atom stereocenters. The molecular formula is C9H11N3O3. The quantitative estimate of drug-likeness (QED) is 0.664. The van der Waals surface area contributed by atoms with Crippen LogP contribution in [0.1, 0.15) is 34.3 Å². The highest BCUT2D eigenvalue weighted by atomic mass is 16.4. The molecule has 6 heteroatoms. The van der Waals surface area contributed by atoms with E-state index in [9.17, 15) is 9.59 Å². The highest BCUT2D eigenvalue weighted by molar-refractivity contribution is 5.95. The largest absolute Gasteiger partial charge is 0.477 e. The third-order valence-corrected chi connectivity index (χ3v) is 2.47. The molecule has 80 valence electrons. The third-order valence-electron chi connectivity index (χ3n) is 2.47. The van der Waals surface area contributed by atoms with Crippen molar-refractivity contribution < 1.29 is 14.7 Å². The molecule has 1 amide bonds. The van der Waals surface area contributed by atoms with Gasteiger partial charge in [-0.05, 0) is 12.3 Å². The van der Waals surface area contributed by atoms with Gasteiger partial charge in [0, 0.05) is 12.1 Å². The summed E-state index contributed by atoms with van der Waals surface area (Å²) in [7, 11) is 0. The molecule has 3 N–H and O–H groups in total. The number of nitrogens with one attached hydrogen (secondary N) is 2. The van der Waals surface area contributed by atoms with Crippen LogP contribution in [0.4, 0.5) is 0 Å². The second-order valence-corrected chi connectivity index (χ2v) is 3.76. The highest BCUT2D eigenvalue weighted by Crippen LogP contribution is 2.29. The smallest absolute Gasteiger partial charge is 0.353 e. The number of aromatic amines is 1. The van der Waals surface area contributed by atoms with Gasteiger partial charge in [0.15, 0.2) is 5.69 Å². The molecule has 15 heavy (non-hydrogen) atoms. The molecule has 0 saturated heterocycles. The number of aromatic carboxylic acids is 1. The van der Waals surface area contributed by atoms with Gasteiger partial charge in [-0.1, -0.05) is 6.92 Å². The van der Waals surface area contributed by atoms with Crippen molar-refractivity contribution in [2.24, 2.45) is 5.92 Å². The number of carbonyl (C=O) groups is 2. The average molecular weight is 209 g/mol. The molecule has 0 spiro atoms. The first-order valence-corrected chi connectivity index (χ1v) is 4.67. The van der Waals surface area contributed by atoms with Gasteiger partial charge in [-0.3, -0.25) is 9.89 Å². The monoisotopic (exact) mass is 209 g/mol. The van der Waals surface area contributed by atoms with Crippen LogP contribution in [-0.4, -0.2) is 33.2 Å². The first-order chi connectivity index (χ1) is 7.08. The fourth-order valence-corrected chi connectivity index (χ4v) is 1.31. The van der Waals surface area contributed by atoms with Crippen molar-refractivity contribution >= 4 is 11.9 Å². The van der Waals surface area contributed by atoms with Gasteiger partial charge in [-0.15, -0.1) is 0 Å². The molecule has 2 atom stereocenters. The Bertz CT molecular complexity index is 412. The molecule has 1 aliphatic rings. The van der Waals surface area contributed by atoms with E-state index in [2.05, 4.69) is 15.5 Å². The lowest BCUT2D eigenvalue weighted by atomic mass is 10.3. The Morgan fingerprint density at radius 2 is 2.33 bits per heavy atom. The van der Waals surface area contributed by atoms with Crippen molar-refractivity contribution in [1.82, 2.24) is 15.5 Å². The number of aromatic nitrogens is 2. The summed E-state index contributed by atoms with van der Waals surface area (Å²) in [5.74, 6) is -0.943. The predicted molar refractivity (Wildman–Crippen MR) is 50.6 cm³/mol. The molecule has 2 rings (SSSR count). The maximum atomic E-state index is 11.5. The molecule has 0 bridgehead atoms. The SMILES string of the molecule is CC1CC1NC(=O)c1cc(C(=O)O)[nH]n1. The number of carbonyl (C=O) groups excluding carboxylic acids is 1. The minimum Gasteiger partial charge on any atom is -0.477 e. The third kappa shape index (κ3) is 1.98. The van der Waals surface area contributed by atoms with E-state index in [1.165, 1.54) is 6.07 Å². The van der Waals surface area contributed by atoms with Gasteiger partial charge in [0.25, 0.3) is 5.91 Å². The molecule has 1 saturated carbocycles. The first kappa shape index (κ1) is 9.70. The van der Waals surface area contributed by atoms with Gasteiger partial charge in [-0.25, -0.2) is 4.79 Å². The number of hydrogen-bond acceptors (Lipinski definition) is 3. The summed E-state index contributed by atoms with van der Waals surface area (Å²) in [6.45, 7) is 2.04. The molecule has 1 heterocycles. The topological polar surface area (TPSA) is 95.1 Å². The van der Waals surface area contributed by atoms with Crippen LogP contribution in [0.15, 0.2) is 6.07 Å². The van der Waals surface area contributed by atoms with E-state index in [-0.39, 0.29) is 23.3 Å². The van der Waals surface area contributed by atoms with Crippen molar-refractivity contribution in [3.05, 3.63) is 17.5 Å². The summed E-state index contributed by atoms with van der Waals surface area (Å²) in [5, 5.41) is 17.3. The lowest BCUT2D eigenvalue weighted by Gasteiger charge is -1.98. The Morgan fingerprint density at radius 1 is 1.67 bits per heavy atom. The van der Waals surface area contributed by atoms with E-state index in [4.69, 9.17) is 5.11 Å². The minimum absolute atomic E-state index is 0.0796. The van der Waals surface area contributed by atoms with Crippen LogP contribution in [-0.2, 0) is 0 Å². The van der Waals surface area contributed by atoms with E-state index >= 15 is 0 Å².